The number of hydrogen-bond acceptors (Lipinski definition) is 3. The molecule has 0 radical (unpaired) electrons. The van der Waals surface area contributed by atoms with E-state index >= 15 is 0 Å². The summed E-state index contributed by atoms with van der Waals surface area (Å²) in [5.74, 6) is 0. The van der Waals surface area contributed by atoms with Crippen LogP contribution in [0.5, 0.6) is 0 Å². The van der Waals surface area contributed by atoms with E-state index in [1.807, 2.05) is 0 Å². The summed E-state index contributed by atoms with van der Waals surface area (Å²) in [5, 5.41) is 8.70. The van der Waals surface area contributed by atoms with E-state index in [2.05, 4.69) is 11.7 Å². The van der Waals surface area contributed by atoms with E-state index in [1.54, 1.807) is 12.5 Å². The Balaban J connectivity index is 3.36. The number of rotatable bonds is 4. The van der Waals surface area contributed by atoms with Gasteiger partial charge in [-0.25, -0.2) is 4.39 Å². The summed E-state index contributed by atoms with van der Waals surface area (Å²) < 4.78 is 16.7. The van der Waals surface area contributed by atoms with Crippen molar-refractivity contribution in [2.24, 2.45) is 0 Å². The van der Waals surface area contributed by atoms with Gasteiger partial charge in [0.15, 0.2) is 0 Å². The molecule has 1 atom stereocenters. The van der Waals surface area contributed by atoms with Crippen LogP contribution in [0.25, 0.3) is 0 Å². The molecule has 0 aromatic carbocycles. The average Bonchev–Trinajstić information content (AvgIpc) is 1.81. The summed E-state index contributed by atoms with van der Waals surface area (Å²) in [6.45, 7) is -0.731. The van der Waals surface area contributed by atoms with Gasteiger partial charge in [-0.2, -0.15) is 0 Å². The lowest BCUT2D eigenvalue weighted by Gasteiger charge is -2.24. The Morgan fingerprint density at radius 3 is 2.50 bits per heavy atom. The highest BCUT2D eigenvalue weighted by atomic mass is 33.1. The summed E-state index contributed by atoms with van der Waals surface area (Å²) >= 11 is 4.10. The molecule has 64 valence electrons. The predicted molar refractivity (Wildman–Crippen MR) is 46.4 cm³/mol. The first-order valence-electron chi connectivity index (χ1n) is 2.80. The zero-order valence-electron chi connectivity index (χ0n) is 6.08. The highest BCUT2D eigenvalue weighted by Gasteiger charge is 2.09. The lowest BCUT2D eigenvalue weighted by Crippen LogP contribution is -2.17. The minimum Gasteiger partial charge on any atom is -0.388 e. The van der Waals surface area contributed by atoms with Gasteiger partial charge in [-0.1, -0.05) is 9.34 Å². The third-order valence-corrected chi connectivity index (χ3v) is 1.76. The maximum absolute atomic E-state index is 11.6. The standard InChI is InChI=1S/C5H13FO2S2/c1-10(2,9)8-4-5(7)3-6/h5,7,9H,3-4H2,1-2H3. The fraction of sp³-hybridized carbons (Fsp3) is 1.00. The highest BCUT2D eigenvalue weighted by molar-refractivity contribution is 8.85. The van der Waals surface area contributed by atoms with Crippen molar-refractivity contribution in [2.75, 3.05) is 25.8 Å². The molecule has 0 aliphatic rings. The Labute approximate surface area is 67.1 Å². The molecule has 0 aliphatic carbocycles. The van der Waals surface area contributed by atoms with E-state index < -0.39 is 22.1 Å². The van der Waals surface area contributed by atoms with Gasteiger partial charge in [0.1, 0.15) is 12.8 Å². The molecule has 0 saturated carbocycles. The van der Waals surface area contributed by atoms with Gasteiger partial charge in [0.05, 0.1) is 6.61 Å². The van der Waals surface area contributed by atoms with Crippen LogP contribution in [0.15, 0.2) is 0 Å². The van der Waals surface area contributed by atoms with Gasteiger partial charge < -0.3 is 9.29 Å². The van der Waals surface area contributed by atoms with Crippen LogP contribution in [-0.4, -0.2) is 37.0 Å². The van der Waals surface area contributed by atoms with Crippen LogP contribution in [0.1, 0.15) is 0 Å². The van der Waals surface area contributed by atoms with Crippen LogP contribution >= 0.6 is 21.0 Å². The Hall–Kier alpha value is 0.550. The molecule has 0 aliphatic heterocycles. The molecule has 2 nitrogen and oxygen atoms in total. The van der Waals surface area contributed by atoms with Gasteiger partial charge in [0, 0.05) is 0 Å². The van der Waals surface area contributed by atoms with Crippen LogP contribution in [-0.2, 0) is 4.18 Å². The Bertz CT molecular complexity index is 94.1. The van der Waals surface area contributed by atoms with Crippen molar-refractivity contribution >= 4 is 21.0 Å². The zero-order chi connectivity index (χ0) is 8.20. The number of alkyl halides is 1. The molecule has 0 saturated heterocycles. The van der Waals surface area contributed by atoms with Gasteiger partial charge in [0.2, 0.25) is 0 Å². The Morgan fingerprint density at radius 2 is 2.20 bits per heavy atom. The largest absolute Gasteiger partial charge is 0.388 e. The fourth-order valence-electron chi connectivity index (χ4n) is 0.290. The first kappa shape index (κ1) is 10.6. The molecular formula is C5H13FO2S2. The van der Waals surface area contributed by atoms with Crippen molar-refractivity contribution in [1.82, 2.24) is 0 Å². The van der Waals surface area contributed by atoms with Gasteiger partial charge in [0.25, 0.3) is 0 Å². The molecule has 1 unspecified atom stereocenters. The van der Waals surface area contributed by atoms with Crippen LogP contribution in [0.3, 0.4) is 0 Å². The Kier molecular flexibility index (Phi) is 4.68. The topological polar surface area (TPSA) is 29.5 Å². The smallest absolute Gasteiger partial charge is 0.118 e. The molecule has 0 bridgehead atoms. The highest BCUT2D eigenvalue weighted by Crippen LogP contribution is 2.45. The van der Waals surface area contributed by atoms with Gasteiger partial charge >= 0.3 is 0 Å². The third kappa shape index (κ3) is 6.67. The summed E-state index contributed by atoms with van der Waals surface area (Å²) in [5.41, 5.74) is 0. The molecule has 0 fully saturated rings. The summed E-state index contributed by atoms with van der Waals surface area (Å²) in [6.07, 6.45) is 2.61. The number of halogens is 1. The minimum atomic E-state index is -1.36. The lowest BCUT2D eigenvalue weighted by molar-refractivity contribution is 0.0920. The normalized spacial score (nSPS) is 16.9. The Morgan fingerprint density at radius 1 is 1.70 bits per heavy atom. The van der Waals surface area contributed by atoms with E-state index in [-0.39, 0.29) is 6.61 Å². The van der Waals surface area contributed by atoms with Crippen molar-refractivity contribution in [2.45, 2.75) is 6.10 Å². The van der Waals surface area contributed by atoms with Crippen molar-refractivity contribution < 1.29 is 13.7 Å². The maximum atomic E-state index is 11.6. The molecule has 10 heavy (non-hydrogen) atoms. The van der Waals surface area contributed by atoms with Crippen molar-refractivity contribution in [3.05, 3.63) is 0 Å². The predicted octanol–water partition coefficient (Wildman–Crippen LogP) is 1.16. The van der Waals surface area contributed by atoms with Gasteiger partial charge in [-0.3, -0.25) is 0 Å². The zero-order valence-corrected chi connectivity index (χ0v) is 7.79. The van der Waals surface area contributed by atoms with Gasteiger partial charge in [-0.15, -0.1) is 11.7 Å². The number of thiol groups is 1. The second-order valence-electron chi connectivity index (χ2n) is 2.27. The van der Waals surface area contributed by atoms with E-state index in [9.17, 15) is 4.39 Å². The molecule has 0 aromatic rings. The van der Waals surface area contributed by atoms with Crippen molar-refractivity contribution in [3.8, 4) is 0 Å². The molecule has 0 rings (SSSR count). The molecule has 0 aromatic heterocycles. The quantitative estimate of drug-likeness (QED) is 0.512. The summed E-state index contributed by atoms with van der Waals surface area (Å²) in [4.78, 5) is 0. The van der Waals surface area contributed by atoms with Crippen molar-refractivity contribution in [3.63, 3.8) is 0 Å². The first-order chi connectivity index (χ1) is 4.45. The number of hydrogen-bond donors (Lipinski definition) is 2. The second-order valence-corrected chi connectivity index (χ2v) is 7.51. The first-order valence-corrected chi connectivity index (χ1v) is 6.22. The molecule has 0 spiro atoms. The monoisotopic (exact) mass is 188 g/mol. The van der Waals surface area contributed by atoms with E-state index in [1.165, 1.54) is 0 Å². The second kappa shape index (κ2) is 4.43. The van der Waals surface area contributed by atoms with Crippen molar-refractivity contribution in [1.29, 1.82) is 0 Å². The summed E-state index contributed by atoms with van der Waals surface area (Å²) in [6, 6.07) is 0. The van der Waals surface area contributed by atoms with E-state index in [4.69, 9.17) is 9.29 Å². The molecule has 5 heteroatoms. The molecule has 1 N–H and O–H groups in total. The third-order valence-electron chi connectivity index (χ3n) is 0.727. The van der Waals surface area contributed by atoms with E-state index in [0.29, 0.717) is 0 Å². The lowest BCUT2D eigenvalue weighted by atomic mass is 10.4. The maximum Gasteiger partial charge on any atom is 0.118 e. The molecule has 0 heterocycles. The van der Waals surface area contributed by atoms with Crippen LogP contribution in [0, 0.1) is 0 Å². The minimum absolute atomic E-state index is 0.0301. The molecular weight excluding hydrogens is 175 g/mol. The van der Waals surface area contributed by atoms with Crippen LogP contribution in [0.4, 0.5) is 4.39 Å². The van der Waals surface area contributed by atoms with Crippen LogP contribution < -0.4 is 0 Å². The fourth-order valence-corrected chi connectivity index (χ4v) is 0.962. The number of aliphatic hydroxyl groups is 1. The average molecular weight is 188 g/mol. The summed E-state index contributed by atoms with van der Waals surface area (Å²) in [7, 11) is -1.36. The SMILES string of the molecule is CS(C)(S)OCC(O)CF. The van der Waals surface area contributed by atoms with E-state index in [0.717, 1.165) is 0 Å². The van der Waals surface area contributed by atoms with Crippen LogP contribution in [0.2, 0.25) is 0 Å². The number of aliphatic hydroxyl groups excluding tert-OH is 1. The van der Waals surface area contributed by atoms with Gasteiger partial charge in [-0.05, 0) is 12.5 Å². The molecule has 0 amide bonds.